The van der Waals surface area contributed by atoms with Gasteiger partial charge in [0.2, 0.25) is 5.88 Å². The summed E-state index contributed by atoms with van der Waals surface area (Å²) < 4.78 is 7.87. The van der Waals surface area contributed by atoms with E-state index in [-0.39, 0.29) is 0 Å². The molecule has 0 atom stereocenters. The maximum absolute atomic E-state index is 5.27. The van der Waals surface area contributed by atoms with Gasteiger partial charge in [-0.3, -0.25) is 0 Å². The molecule has 0 spiro atoms. The Labute approximate surface area is 73.5 Å². The Morgan fingerprint density at radius 3 is 2.90 bits per heavy atom. The summed E-state index contributed by atoms with van der Waals surface area (Å²) in [5.41, 5.74) is 0. The molecule has 1 heterocycles. The molecular formula is C6H8IN2O. The molecule has 3 nitrogen and oxygen atoms in total. The summed E-state index contributed by atoms with van der Waals surface area (Å²) in [6, 6.07) is 0. The molecule has 1 aromatic rings. The SMILES string of the molecule is CCOc1c(I)[c]nn1C. The van der Waals surface area contributed by atoms with Gasteiger partial charge in [-0.2, -0.15) is 5.10 Å². The Balaban J connectivity index is 2.87. The minimum Gasteiger partial charge on any atom is -0.477 e. The van der Waals surface area contributed by atoms with Crippen molar-refractivity contribution in [1.82, 2.24) is 9.78 Å². The predicted molar refractivity (Wildman–Crippen MR) is 45.9 cm³/mol. The molecule has 0 fully saturated rings. The lowest BCUT2D eigenvalue weighted by Crippen LogP contribution is -1.99. The first kappa shape index (κ1) is 7.84. The molecule has 1 radical (unpaired) electrons. The summed E-state index contributed by atoms with van der Waals surface area (Å²) in [4.78, 5) is 0. The van der Waals surface area contributed by atoms with Crippen LogP contribution in [0, 0.1) is 9.77 Å². The van der Waals surface area contributed by atoms with E-state index in [1.54, 1.807) is 4.68 Å². The van der Waals surface area contributed by atoms with E-state index in [1.165, 1.54) is 0 Å². The first-order valence-corrected chi connectivity index (χ1v) is 4.06. The van der Waals surface area contributed by atoms with Crippen LogP contribution in [-0.4, -0.2) is 16.4 Å². The van der Waals surface area contributed by atoms with Crippen molar-refractivity contribution < 1.29 is 4.74 Å². The van der Waals surface area contributed by atoms with Gasteiger partial charge in [0.15, 0.2) is 0 Å². The van der Waals surface area contributed by atoms with Gasteiger partial charge in [0.1, 0.15) is 9.77 Å². The van der Waals surface area contributed by atoms with E-state index in [4.69, 9.17) is 4.74 Å². The molecule has 0 aliphatic heterocycles. The van der Waals surface area contributed by atoms with Crippen LogP contribution in [0.5, 0.6) is 5.88 Å². The smallest absolute Gasteiger partial charge is 0.226 e. The number of halogens is 1. The zero-order chi connectivity index (χ0) is 7.56. The minimum atomic E-state index is 0.670. The minimum absolute atomic E-state index is 0.670. The number of hydrogen-bond acceptors (Lipinski definition) is 2. The topological polar surface area (TPSA) is 27.1 Å². The summed E-state index contributed by atoms with van der Waals surface area (Å²) in [7, 11) is 1.84. The van der Waals surface area contributed by atoms with Crippen LogP contribution < -0.4 is 4.74 Å². The summed E-state index contributed by atoms with van der Waals surface area (Å²) in [6.45, 7) is 2.62. The summed E-state index contributed by atoms with van der Waals surface area (Å²) >= 11 is 2.14. The highest BCUT2D eigenvalue weighted by atomic mass is 127. The van der Waals surface area contributed by atoms with Crippen LogP contribution in [0.2, 0.25) is 0 Å². The third kappa shape index (κ3) is 1.42. The molecule has 0 aliphatic carbocycles. The van der Waals surface area contributed by atoms with Gasteiger partial charge in [0, 0.05) is 7.05 Å². The number of aryl methyl sites for hydroxylation is 1. The lowest BCUT2D eigenvalue weighted by molar-refractivity contribution is 0.307. The lowest BCUT2D eigenvalue weighted by atomic mass is 10.7. The van der Waals surface area contributed by atoms with Crippen LogP contribution >= 0.6 is 22.6 Å². The maximum Gasteiger partial charge on any atom is 0.226 e. The van der Waals surface area contributed by atoms with Crippen molar-refractivity contribution >= 4 is 22.6 Å². The van der Waals surface area contributed by atoms with E-state index in [0.717, 1.165) is 9.45 Å². The third-order valence-electron chi connectivity index (χ3n) is 1.06. The largest absolute Gasteiger partial charge is 0.477 e. The molecule has 55 valence electrons. The number of rotatable bonds is 2. The molecule has 0 bridgehead atoms. The molecule has 1 aromatic heterocycles. The van der Waals surface area contributed by atoms with E-state index in [1.807, 2.05) is 14.0 Å². The van der Waals surface area contributed by atoms with E-state index in [0.29, 0.717) is 6.61 Å². The standard InChI is InChI=1S/C6H8IN2O/c1-3-10-6-5(7)4-8-9(6)2/h3H2,1-2H3. The normalized spacial score (nSPS) is 9.90. The molecule has 0 unspecified atom stereocenters. The molecule has 0 aliphatic rings. The van der Waals surface area contributed by atoms with Gasteiger partial charge in [-0.15, -0.1) is 0 Å². The Morgan fingerprint density at radius 1 is 1.80 bits per heavy atom. The van der Waals surface area contributed by atoms with Crippen LogP contribution in [0.1, 0.15) is 6.92 Å². The second-order valence-corrected chi connectivity index (χ2v) is 2.87. The van der Waals surface area contributed by atoms with Gasteiger partial charge in [-0.05, 0) is 29.5 Å². The molecular weight excluding hydrogens is 243 g/mol. The maximum atomic E-state index is 5.27. The van der Waals surface area contributed by atoms with E-state index < -0.39 is 0 Å². The monoisotopic (exact) mass is 251 g/mol. The van der Waals surface area contributed by atoms with Crippen LogP contribution in [0.3, 0.4) is 0 Å². The summed E-state index contributed by atoms with van der Waals surface area (Å²) in [5.74, 6) is 0.795. The first-order chi connectivity index (χ1) is 4.75. The average molecular weight is 251 g/mol. The van der Waals surface area contributed by atoms with Gasteiger partial charge in [0.25, 0.3) is 0 Å². The van der Waals surface area contributed by atoms with Crippen LogP contribution in [0.15, 0.2) is 0 Å². The zero-order valence-electron chi connectivity index (χ0n) is 5.89. The van der Waals surface area contributed by atoms with Crippen molar-refractivity contribution in [3.8, 4) is 5.88 Å². The van der Waals surface area contributed by atoms with Gasteiger partial charge in [-0.1, -0.05) is 0 Å². The Hall–Kier alpha value is -0.260. The van der Waals surface area contributed by atoms with Crippen molar-refractivity contribution in [2.24, 2.45) is 7.05 Å². The molecule has 0 N–H and O–H groups in total. The first-order valence-electron chi connectivity index (χ1n) is 2.98. The molecule has 10 heavy (non-hydrogen) atoms. The fourth-order valence-electron chi connectivity index (χ4n) is 0.648. The third-order valence-corrected chi connectivity index (χ3v) is 1.76. The highest BCUT2D eigenvalue weighted by Crippen LogP contribution is 2.17. The molecule has 0 saturated carbocycles. The van der Waals surface area contributed by atoms with Gasteiger partial charge >= 0.3 is 0 Å². The van der Waals surface area contributed by atoms with Gasteiger partial charge in [0.05, 0.1) is 6.61 Å². The van der Waals surface area contributed by atoms with Crippen molar-refractivity contribution in [2.75, 3.05) is 6.61 Å². The Morgan fingerprint density at radius 2 is 2.50 bits per heavy atom. The molecule has 4 heteroatoms. The van der Waals surface area contributed by atoms with Crippen molar-refractivity contribution in [1.29, 1.82) is 0 Å². The highest BCUT2D eigenvalue weighted by molar-refractivity contribution is 14.1. The fourth-order valence-corrected chi connectivity index (χ4v) is 1.26. The molecule has 0 aromatic carbocycles. The van der Waals surface area contributed by atoms with Crippen molar-refractivity contribution in [3.63, 3.8) is 0 Å². The van der Waals surface area contributed by atoms with Crippen molar-refractivity contribution in [2.45, 2.75) is 6.92 Å². The Bertz CT molecular complexity index is 202. The van der Waals surface area contributed by atoms with Crippen LogP contribution in [0.25, 0.3) is 0 Å². The van der Waals surface area contributed by atoms with E-state index in [2.05, 4.69) is 33.9 Å². The Kier molecular flexibility index (Phi) is 2.53. The number of hydrogen-bond donors (Lipinski definition) is 0. The zero-order valence-corrected chi connectivity index (χ0v) is 8.05. The quantitative estimate of drug-likeness (QED) is 0.739. The predicted octanol–water partition coefficient (Wildman–Crippen LogP) is 1.22. The number of nitrogens with zero attached hydrogens (tertiary/aromatic N) is 2. The number of ether oxygens (including phenoxy) is 1. The second-order valence-electron chi connectivity index (χ2n) is 1.79. The number of aromatic nitrogens is 2. The van der Waals surface area contributed by atoms with Gasteiger partial charge < -0.3 is 4.74 Å². The fraction of sp³-hybridized carbons (Fsp3) is 0.500. The molecule has 1 rings (SSSR count). The van der Waals surface area contributed by atoms with Crippen LogP contribution in [0.4, 0.5) is 0 Å². The van der Waals surface area contributed by atoms with E-state index in [9.17, 15) is 0 Å². The molecule has 0 saturated heterocycles. The summed E-state index contributed by atoms with van der Waals surface area (Å²) in [6.07, 6.45) is 2.80. The molecule has 0 amide bonds. The van der Waals surface area contributed by atoms with Crippen molar-refractivity contribution in [3.05, 3.63) is 9.77 Å². The van der Waals surface area contributed by atoms with Crippen LogP contribution in [-0.2, 0) is 7.05 Å². The lowest BCUT2D eigenvalue weighted by Gasteiger charge is -2.01. The highest BCUT2D eigenvalue weighted by Gasteiger charge is 2.05. The summed E-state index contributed by atoms with van der Waals surface area (Å²) in [5, 5.41) is 3.89. The second kappa shape index (κ2) is 3.23. The average Bonchev–Trinajstić information content (AvgIpc) is 2.20. The van der Waals surface area contributed by atoms with E-state index >= 15 is 0 Å². The van der Waals surface area contributed by atoms with Gasteiger partial charge in [-0.25, -0.2) is 4.68 Å².